The van der Waals surface area contributed by atoms with E-state index >= 15 is 0 Å². The summed E-state index contributed by atoms with van der Waals surface area (Å²) in [7, 11) is 11.5. The van der Waals surface area contributed by atoms with Crippen molar-refractivity contribution in [2.75, 3.05) is 0 Å². The van der Waals surface area contributed by atoms with E-state index in [-0.39, 0.29) is 0 Å². The minimum atomic E-state index is -1.85. The van der Waals surface area contributed by atoms with Crippen LogP contribution in [0.5, 0.6) is 0 Å². The average molecular weight is 304 g/mol. The van der Waals surface area contributed by atoms with E-state index in [1.165, 1.54) is 0 Å². The maximum atomic E-state index is 8.78. The molecule has 5 heteroatoms. The first kappa shape index (κ1) is 10.5. The molecule has 0 atom stereocenters. The minimum absolute atomic E-state index is 0.302. The number of hydrogen-bond donors (Lipinski definition) is 0. The Kier molecular flexibility index (Phi) is 3.74. The fraction of sp³-hybridized carbons (Fsp3) is 0. The second-order valence-corrected chi connectivity index (χ2v) is 7.22. The van der Waals surface area contributed by atoms with Gasteiger partial charge in [-0.15, -0.1) is 0 Å². The van der Waals surface area contributed by atoms with Crippen LogP contribution in [0.4, 0.5) is 0 Å². The monoisotopic (exact) mass is 303 g/mol. The molecule has 0 bridgehead atoms. The van der Waals surface area contributed by atoms with Crippen molar-refractivity contribution in [3.63, 3.8) is 0 Å². The molecule has 0 unspecified atom stereocenters. The van der Waals surface area contributed by atoms with Crippen molar-refractivity contribution in [3.8, 4) is 12.1 Å². The van der Waals surface area contributed by atoms with Crippen LogP contribution in [0.3, 0.4) is 0 Å². The first-order chi connectivity index (χ1) is 6.20. The number of nitriles is 2. The van der Waals surface area contributed by atoms with Crippen molar-refractivity contribution >= 4 is 23.1 Å². The zero-order valence-electron chi connectivity index (χ0n) is 6.20. The molecule has 1 rings (SSSR count). The summed E-state index contributed by atoms with van der Waals surface area (Å²) in [6, 6.07) is 8.78. The molecule has 0 fully saturated rings. The summed E-state index contributed by atoms with van der Waals surface area (Å²) in [4.78, 5) is 0. The van der Waals surface area contributed by atoms with E-state index in [0.29, 0.717) is 15.2 Å². The normalized spacial score (nSPS) is 10.0. The fourth-order valence-corrected chi connectivity index (χ4v) is 2.93. The molecule has 2 nitrogen and oxygen atoms in total. The second-order valence-electron chi connectivity index (χ2n) is 2.02. The van der Waals surface area contributed by atoms with E-state index in [1.54, 1.807) is 18.2 Å². The van der Waals surface area contributed by atoms with Crippen molar-refractivity contribution in [2.45, 2.75) is 0 Å². The molecule has 0 amide bonds. The van der Waals surface area contributed by atoms with Crippen LogP contribution in [0.1, 0.15) is 11.1 Å². The van der Waals surface area contributed by atoms with E-state index in [1.807, 2.05) is 12.1 Å². The Bertz CT molecular complexity index is 404. The molecule has 0 spiro atoms. The van der Waals surface area contributed by atoms with E-state index in [0.717, 1.165) is 0 Å². The SMILES string of the molecule is N#Cc1ccc[c]([Pd]([Cl])[Cl])c1C#N. The predicted octanol–water partition coefficient (Wildman–Crippen LogP) is 1.98. The van der Waals surface area contributed by atoms with Gasteiger partial charge < -0.3 is 0 Å². The van der Waals surface area contributed by atoms with Gasteiger partial charge in [-0.25, -0.2) is 0 Å². The van der Waals surface area contributed by atoms with Crippen molar-refractivity contribution in [3.05, 3.63) is 29.3 Å². The molecule has 0 heterocycles. The van der Waals surface area contributed by atoms with Crippen LogP contribution in [-0.4, -0.2) is 0 Å². The first-order valence-corrected chi connectivity index (χ1v) is 7.87. The summed E-state index contributed by atoms with van der Waals surface area (Å²) in [5, 5.41) is 17.5. The van der Waals surface area contributed by atoms with Gasteiger partial charge in [-0.2, -0.15) is 0 Å². The second kappa shape index (κ2) is 4.62. The van der Waals surface area contributed by atoms with Crippen LogP contribution >= 0.6 is 19.1 Å². The van der Waals surface area contributed by atoms with Gasteiger partial charge in [0.1, 0.15) is 0 Å². The Hall–Kier alpha value is -0.558. The Labute approximate surface area is 89.5 Å². The molecule has 0 aromatic heterocycles. The van der Waals surface area contributed by atoms with Gasteiger partial charge >= 0.3 is 89.8 Å². The van der Waals surface area contributed by atoms with Gasteiger partial charge in [0, 0.05) is 0 Å². The molecule has 0 radical (unpaired) electrons. The topological polar surface area (TPSA) is 47.6 Å². The zero-order valence-corrected chi connectivity index (χ0v) is 9.27. The molecular formula is C8H3Cl2N2Pd. The molecular weight excluding hydrogens is 301 g/mol. The van der Waals surface area contributed by atoms with Crippen LogP contribution in [0.15, 0.2) is 18.2 Å². The van der Waals surface area contributed by atoms with Crippen molar-refractivity contribution in [1.82, 2.24) is 0 Å². The average Bonchev–Trinajstić information content (AvgIpc) is 2.16. The first-order valence-electron chi connectivity index (χ1n) is 3.09. The number of rotatable bonds is 1. The molecule has 0 aliphatic carbocycles. The third-order valence-corrected chi connectivity index (χ3v) is 4.15. The Balaban J connectivity index is 3.40. The Morgan fingerprint density at radius 2 is 1.85 bits per heavy atom. The number of hydrogen-bond acceptors (Lipinski definition) is 2. The van der Waals surface area contributed by atoms with Crippen LogP contribution in [-0.2, 0) is 14.7 Å². The van der Waals surface area contributed by atoms with Gasteiger partial charge in [0.2, 0.25) is 0 Å². The summed E-state index contributed by atoms with van der Waals surface area (Å²) in [5.74, 6) is 0. The van der Waals surface area contributed by atoms with Crippen molar-refractivity contribution in [1.29, 1.82) is 10.5 Å². The van der Waals surface area contributed by atoms with Crippen LogP contribution in [0.2, 0.25) is 0 Å². The third-order valence-electron chi connectivity index (χ3n) is 1.35. The van der Waals surface area contributed by atoms with Gasteiger partial charge in [0.05, 0.1) is 0 Å². The molecule has 0 saturated carbocycles. The van der Waals surface area contributed by atoms with E-state index in [4.69, 9.17) is 29.6 Å². The number of halogens is 2. The van der Waals surface area contributed by atoms with Crippen LogP contribution < -0.4 is 4.04 Å². The van der Waals surface area contributed by atoms with Gasteiger partial charge in [0.15, 0.2) is 0 Å². The predicted molar refractivity (Wildman–Crippen MR) is 47.2 cm³/mol. The van der Waals surface area contributed by atoms with Gasteiger partial charge in [-0.3, -0.25) is 0 Å². The van der Waals surface area contributed by atoms with Gasteiger partial charge in [-0.05, 0) is 0 Å². The molecule has 13 heavy (non-hydrogen) atoms. The van der Waals surface area contributed by atoms with Crippen molar-refractivity contribution in [2.24, 2.45) is 0 Å². The molecule has 1 aromatic carbocycles. The van der Waals surface area contributed by atoms with E-state index in [9.17, 15) is 0 Å². The molecule has 1 aromatic rings. The number of benzene rings is 1. The van der Waals surface area contributed by atoms with E-state index in [2.05, 4.69) is 0 Å². The van der Waals surface area contributed by atoms with E-state index < -0.39 is 14.7 Å². The third kappa shape index (κ3) is 2.22. The van der Waals surface area contributed by atoms with Crippen molar-refractivity contribution < 1.29 is 14.7 Å². The standard InChI is InChI=1S/C8H3N2.2ClH.Pd/c9-5-7-3-1-2-4-8(7)6-10;;;/h1-3H;2*1H;/q;;;+2/p-2. The summed E-state index contributed by atoms with van der Waals surface area (Å²) in [6.45, 7) is 0. The van der Waals surface area contributed by atoms with Gasteiger partial charge in [0.25, 0.3) is 0 Å². The fourth-order valence-electron chi connectivity index (χ4n) is 0.813. The summed E-state index contributed by atoms with van der Waals surface area (Å²) >= 11 is -1.85. The van der Waals surface area contributed by atoms with Gasteiger partial charge in [-0.1, -0.05) is 0 Å². The summed E-state index contributed by atoms with van der Waals surface area (Å²) < 4.78 is 0.593. The van der Waals surface area contributed by atoms with Crippen LogP contribution in [0, 0.1) is 22.7 Å². The Morgan fingerprint density at radius 1 is 1.15 bits per heavy atom. The number of nitrogens with zero attached hydrogens (tertiary/aromatic N) is 2. The molecule has 0 N–H and O–H groups in total. The quantitative estimate of drug-likeness (QED) is 0.745. The van der Waals surface area contributed by atoms with Crippen LogP contribution in [0.25, 0.3) is 0 Å². The summed E-state index contributed by atoms with van der Waals surface area (Å²) in [6.07, 6.45) is 0. The molecule has 0 aliphatic heterocycles. The molecule has 0 aliphatic rings. The zero-order chi connectivity index (χ0) is 9.84. The molecule has 69 valence electrons. The maximum absolute atomic E-state index is 8.78. The molecule has 0 saturated heterocycles. The Morgan fingerprint density at radius 3 is 2.31 bits per heavy atom. The summed E-state index contributed by atoms with van der Waals surface area (Å²) in [5.41, 5.74) is 0.629.